The number of rotatable bonds is 8. The number of amides is 1. The van der Waals surface area contributed by atoms with E-state index in [1.165, 1.54) is 54.9 Å². The van der Waals surface area contributed by atoms with E-state index in [0.717, 1.165) is 23.8 Å². The first-order valence-electron chi connectivity index (χ1n) is 13.9. The summed E-state index contributed by atoms with van der Waals surface area (Å²) in [6.45, 7) is 3.83. The Morgan fingerprint density at radius 2 is 1.85 bits per heavy atom. The first kappa shape index (κ1) is 34.2. The average molecular weight is 678 g/mol. The summed E-state index contributed by atoms with van der Waals surface area (Å²) in [7, 11) is 0. The van der Waals surface area contributed by atoms with Crippen LogP contribution in [0.15, 0.2) is 71.8 Å². The minimum Gasteiger partial charge on any atom is -0.453 e. The Morgan fingerprint density at radius 3 is 2.57 bits per heavy atom. The predicted molar refractivity (Wildman–Crippen MR) is 172 cm³/mol. The van der Waals surface area contributed by atoms with Crippen LogP contribution in [0.3, 0.4) is 0 Å². The van der Waals surface area contributed by atoms with Gasteiger partial charge in [0.05, 0.1) is 11.7 Å². The normalized spacial score (nSPS) is 16.3. The molecule has 4 heterocycles. The maximum absolute atomic E-state index is 15.2. The lowest BCUT2D eigenvalue weighted by molar-refractivity contribution is 0.102. The molecule has 0 bridgehead atoms. The Balaban J connectivity index is 0.00000240. The molecule has 0 aliphatic carbocycles. The number of carbonyl (C=O) groups excluding carboxylic acids is 1. The minimum atomic E-state index is -1.10. The van der Waals surface area contributed by atoms with Crippen LogP contribution in [0.4, 0.5) is 24.7 Å². The maximum Gasteiger partial charge on any atom is 0.284 e. The molecule has 3 aromatic heterocycles. The molecule has 1 aliphatic rings. The maximum atomic E-state index is 15.2. The molecule has 2 atom stereocenters. The number of H-pyrrole nitrogens is 1. The van der Waals surface area contributed by atoms with Crippen molar-refractivity contribution in [3.8, 4) is 17.2 Å². The Kier molecular flexibility index (Phi) is 10.9. The molecule has 0 saturated carbocycles. The van der Waals surface area contributed by atoms with Crippen molar-refractivity contribution in [2.75, 3.05) is 30.3 Å². The zero-order valence-corrected chi connectivity index (χ0v) is 25.9. The van der Waals surface area contributed by atoms with Crippen LogP contribution >= 0.6 is 24.8 Å². The smallest absolute Gasteiger partial charge is 0.284 e. The molecule has 6 rings (SSSR count). The van der Waals surface area contributed by atoms with Crippen molar-refractivity contribution < 1.29 is 22.7 Å². The molecule has 0 radical (unpaired) electrons. The Bertz CT molecular complexity index is 1890. The standard InChI is InChI=1S/C30H27F3N8O3.2ClH/c1-2-40-14-11-23(22(33)16-40)37-28-26-25(10-12-34-27(26)38-39-28)44-24-8-5-18(15-21(24)32)36-29(42)20-9-13-35-41(30(20)43)19-6-3-17(31)4-7-19;;/h3-10,12-13,15,22-23H,2,11,14,16H2,1H3,(H,36,42)(H2,34,37,38,39);2*1H/t22-,23?;;/m1../s1. The second kappa shape index (κ2) is 14.6. The van der Waals surface area contributed by atoms with Gasteiger partial charge in [0.2, 0.25) is 0 Å². The van der Waals surface area contributed by atoms with Crippen LogP contribution in [0.1, 0.15) is 23.7 Å². The Labute approximate surface area is 273 Å². The van der Waals surface area contributed by atoms with Gasteiger partial charge in [0.1, 0.15) is 28.7 Å². The van der Waals surface area contributed by atoms with E-state index in [-0.39, 0.29) is 53.3 Å². The number of ether oxygens (including phenoxy) is 1. The van der Waals surface area contributed by atoms with Crippen molar-refractivity contribution in [2.45, 2.75) is 25.6 Å². The van der Waals surface area contributed by atoms with Gasteiger partial charge in [-0.1, -0.05) is 6.92 Å². The summed E-state index contributed by atoms with van der Waals surface area (Å²) in [6.07, 6.45) is 2.21. The summed E-state index contributed by atoms with van der Waals surface area (Å²) >= 11 is 0. The number of benzene rings is 2. The lowest BCUT2D eigenvalue weighted by atomic mass is 10.0. The van der Waals surface area contributed by atoms with Gasteiger partial charge >= 0.3 is 0 Å². The van der Waals surface area contributed by atoms with E-state index < -0.39 is 35.3 Å². The number of anilines is 2. The summed E-state index contributed by atoms with van der Waals surface area (Å²) in [5, 5.41) is 17.1. The molecule has 1 aliphatic heterocycles. The van der Waals surface area contributed by atoms with Gasteiger partial charge in [-0.15, -0.1) is 24.8 Å². The van der Waals surface area contributed by atoms with Gasteiger partial charge in [-0.05, 0) is 55.4 Å². The number of nitrogens with zero attached hydrogens (tertiary/aromatic N) is 5. The number of hydrogen-bond donors (Lipinski definition) is 3. The highest BCUT2D eigenvalue weighted by molar-refractivity contribution is 6.04. The highest BCUT2D eigenvalue weighted by Gasteiger charge is 2.30. The molecule has 1 saturated heterocycles. The summed E-state index contributed by atoms with van der Waals surface area (Å²) in [5.41, 5.74) is -0.272. The van der Waals surface area contributed by atoms with Crippen molar-refractivity contribution in [1.82, 2.24) is 29.9 Å². The zero-order chi connectivity index (χ0) is 30.8. The number of fused-ring (bicyclic) bond motifs is 1. The predicted octanol–water partition coefficient (Wildman–Crippen LogP) is 5.51. The van der Waals surface area contributed by atoms with E-state index in [1.807, 2.05) is 11.8 Å². The third-order valence-corrected chi connectivity index (χ3v) is 7.39. The number of halogens is 5. The molecule has 5 aromatic rings. The molecule has 1 fully saturated rings. The second-order valence-electron chi connectivity index (χ2n) is 10.2. The fourth-order valence-corrected chi connectivity index (χ4v) is 5.03. The molecular formula is C30H29Cl2F3N8O3. The molecule has 46 heavy (non-hydrogen) atoms. The minimum absolute atomic E-state index is 0. The van der Waals surface area contributed by atoms with Crippen LogP contribution in [-0.2, 0) is 0 Å². The molecule has 11 nitrogen and oxygen atoms in total. The van der Waals surface area contributed by atoms with E-state index in [0.29, 0.717) is 29.8 Å². The number of hydrogen-bond acceptors (Lipinski definition) is 8. The van der Waals surface area contributed by atoms with Crippen molar-refractivity contribution in [3.63, 3.8) is 0 Å². The SMILES string of the molecule is CCN1CCC(Nc2n[nH]c3nccc(Oc4ccc(NC(=O)c5ccnn(-c6ccc(F)cc6)c5=O)cc4F)c23)[C@H](F)C1.Cl.Cl. The summed E-state index contributed by atoms with van der Waals surface area (Å²) in [4.78, 5) is 32.1. The average Bonchev–Trinajstić information content (AvgIpc) is 3.43. The van der Waals surface area contributed by atoms with Crippen LogP contribution in [0, 0.1) is 11.6 Å². The number of nitrogens with one attached hydrogen (secondary N) is 3. The van der Waals surface area contributed by atoms with Gasteiger partial charge in [-0.3, -0.25) is 14.7 Å². The monoisotopic (exact) mass is 676 g/mol. The van der Waals surface area contributed by atoms with E-state index in [9.17, 15) is 18.4 Å². The van der Waals surface area contributed by atoms with Crippen LogP contribution < -0.4 is 20.9 Å². The van der Waals surface area contributed by atoms with E-state index in [1.54, 1.807) is 6.07 Å². The van der Waals surface area contributed by atoms with E-state index in [4.69, 9.17) is 4.74 Å². The lowest BCUT2D eigenvalue weighted by Crippen LogP contribution is -2.47. The number of piperidine rings is 1. The van der Waals surface area contributed by atoms with Crippen molar-refractivity contribution in [3.05, 3.63) is 94.5 Å². The van der Waals surface area contributed by atoms with Gasteiger partial charge in [0.25, 0.3) is 11.5 Å². The molecule has 1 unspecified atom stereocenters. The first-order valence-corrected chi connectivity index (χ1v) is 13.9. The summed E-state index contributed by atoms with van der Waals surface area (Å²) < 4.78 is 50.2. The third-order valence-electron chi connectivity index (χ3n) is 7.39. The number of aromatic amines is 1. The number of aromatic nitrogens is 5. The van der Waals surface area contributed by atoms with Crippen LogP contribution in [0.25, 0.3) is 16.7 Å². The summed E-state index contributed by atoms with van der Waals surface area (Å²) in [5.74, 6) is -1.64. The van der Waals surface area contributed by atoms with Gasteiger partial charge in [0.15, 0.2) is 23.0 Å². The zero-order valence-electron chi connectivity index (χ0n) is 24.2. The van der Waals surface area contributed by atoms with E-state index in [2.05, 4.69) is 30.9 Å². The fourth-order valence-electron chi connectivity index (χ4n) is 5.03. The van der Waals surface area contributed by atoms with Gasteiger partial charge in [-0.25, -0.2) is 18.2 Å². The topological polar surface area (TPSA) is 130 Å². The molecule has 3 N–H and O–H groups in total. The second-order valence-corrected chi connectivity index (χ2v) is 10.2. The highest BCUT2D eigenvalue weighted by atomic mass is 35.5. The van der Waals surface area contributed by atoms with Gasteiger partial charge in [-0.2, -0.15) is 14.9 Å². The van der Waals surface area contributed by atoms with Crippen LogP contribution in [0.2, 0.25) is 0 Å². The van der Waals surface area contributed by atoms with Crippen LogP contribution in [0.5, 0.6) is 11.5 Å². The van der Waals surface area contributed by atoms with Crippen molar-refractivity contribution >= 4 is 53.3 Å². The van der Waals surface area contributed by atoms with Gasteiger partial charge in [0, 0.05) is 43.3 Å². The molecule has 0 spiro atoms. The van der Waals surface area contributed by atoms with Crippen molar-refractivity contribution in [1.29, 1.82) is 0 Å². The number of alkyl halides is 1. The van der Waals surface area contributed by atoms with E-state index >= 15 is 4.39 Å². The Hall–Kier alpha value is -4.66. The molecule has 242 valence electrons. The largest absolute Gasteiger partial charge is 0.453 e. The Morgan fingerprint density at radius 1 is 1.07 bits per heavy atom. The van der Waals surface area contributed by atoms with Crippen LogP contribution in [-0.4, -0.2) is 67.6 Å². The van der Waals surface area contributed by atoms with Crippen molar-refractivity contribution in [2.24, 2.45) is 0 Å². The lowest BCUT2D eigenvalue weighted by Gasteiger charge is -2.34. The number of pyridine rings is 1. The molecular weight excluding hydrogens is 648 g/mol. The summed E-state index contributed by atoms with van der Waals surface area (Å²) in [6, 6.07) is 11.1. The quantitative estimate of drug-likeness (QED) is 0.196. The molecule has 1 amide bonds. The first-order chi connectivity index (χ1) is 21.3. The number of carbonyl (C=O) groups is 1. The molecule has 16 heteroatoms. The fraction of sp³-hybridized carbons (Fsp3) is 0.233. The number of likely N-dealkylation sites (tertiary alicyclic amines) is 1. The van der Waals surface area contributed by atoms with Gasteiger partial charge < -0.3 is 20.3 Å². The third kappa shape index (κ3) is 7.09. The highest BCUT2D eigenvalue weighted by Crippen LogP contribution is 2.35. The molecule has 2 aromatic carbocycles.